The summed E-state index contributed by atoms with van der Waals surface area (Å²) in [4.78, 5) is 2.32. The summed E-state index contributed by atoms with van der Waals surface area (Å²) >= 11 is 0. The van der Waals surface area contributed by atoms with Gasteiger partial charge in [-0.3, -0.25) is 5.41 Å². The van der Waals surface area contributed by atoms with Crippen molar-refractivity contribution in [1.29, 1.82) is 5.41 Å². The van der Waals surface area contributed by atoms with Crippen LogP contribution in [0.15, 0.2) is 24.3 Å². The molecule has 4 heteroatoms. The molecule has 3 N–H and O–H groups in total. The Morgan fingerprint density at radius 2 is 2.24 bits per heavy atom. The van der Waals surface area contributed by atoms with E-state index in [2.05, 4.69) is 11.0 Å². The number of ether oxygens (including phenoxy) is 1. The van der Waals surface area contributed by atoms with E-state index in [0.29, 0.717) is 6.42 Å². The van der Waals surface area contributed by atoms with Crippen LogP contribution in [0.5, 0.6) is 5.75 Å². The number of hydrogen-bond acceptors (Lipinski definition) is 3. The van der Waals surface area contributed by atoms with Crippen molar-refractivity contribution in [3.05, 3.63) is 24.3 Å². The zero-order chi connectivity index (χ0) is 12.1. The third-order valence-electron chi connectivity index (χ3n) is 2.91. The molecule has 0 bridgehead atoms. The maximum atomic E-state index is 7.23. The van der Waals surface area contributed by atoms with Crippen molar-refractivity contribution >= 4 is 11.5 Å². The molecule has 1 aromatic rings. The zero-order valence-electron chi connectivity index (χ0n) is 9.98. The monoisotopic (exact) mass is 233 g/mol. The molecular weight excluding hydrogens is 214 g/mol. The number of nitrogens with two attached hydrogens (primary N) is 1. The zero-order valence-corrected chi connectivity index (χ0v) is 9.98. The van der Waals surface area contributed by atoms with Crippen molar-refractivity contribution in [2.24, 2.45) is 5.73 Å². The van der Waals surface area contributed by atoms with E-state index >= 15 is 0 Å². The van der Waals surface area contributed by atoms with E-state index in [4.69, 9.17) is 15.9 Å². The fourth-order valence-electron chi connectivity index (χ4n) is 2.09. The van der Waals surface area contributed by atoms with E-state index in [1.54, 1.807) is 0 Å². The molecule has 0 saturated heterocycles. The van der Waals surface area contributed by atoms with Crippen LogP contribution >= 0.6 is 0 Å². The summed E-state index contributed by atoms with van der Waals surface area (Å²) in [6.07, 6.45) is 2.62. The highest BCUT2D eigenvalue weighted by Crippen LogP contribution is 2.30. The van der Waals surface area contributed by atoms with Crippen LogP contribution in [0, 0.1) is 5.41 Å². The van der Waals surface area contributed by atoms with E-state index in [0.717, 1.165) is 44.0 Å². The molecule has 4 nitrogen and oxygen atoms in total. The highest BCUT2D eigenvalue weighted by molar-refractivity contribution is 5.76. The summed E-state index contributed by atoms with van der Waals surface area (Å²) in [7, 11) is 0. The second kappa shape index (κ2) is 5.57. The number of nitrogens with one attached hydrogen (secondary N) is 1. The number of anilines is 1. The quantitative estimate of drug-likeness (QED) is 0.617. The Hall–Kier alpha value is -1.71. The molecule has 1 aliphatic rings. The molecule has 92 valence electrons. The maximum absolute atomic E-state index is 7.23. The molecule has 0 atom stereocenters. The fraction of sp³-hybridized carbons (Fsp3) is 0.462. The molecule has 0 aromatic heterocycles. The van der Waals surface area contributed by atoms with Crippen molar-refractivity contribution in [2.45, 2.75) is 19.3 Å². The summed E-state index contributed by atoms with van der Waals surface area (Å²) in [5.41, 5.74) is 6.53. The van der Waals surface area contributed by atoms with Gasteiger partial charge in [0.15, 0.2) is 0 Å². The summed E-state index contributed by atoms with van der Waals surface area (Å²) < 4.78 is 5.70. The Bertz CT molecular complexity index is 392. The van der Waals surface area contributed by atoms with Gasteiger partial charge in [-0.15, -0.1) is 0 Å². The number of para-hydroxylation sites is 2. The van der Waals surface area contributed by atoms with Gasteiger partial charge in [-0.05, 0) is 25.0 Å². The van der Waals surface area contributed by atoms with Gasteiger partial charge in [0.2, 0.25) is 0 Å². The van der Waals surface area contributed by atoms with Gasteiger partial charge in [0.1, 0.15) is 5.75 Å². The van der Waals surface area contributed by atoms with Gasteiger partial charge in [-0.2, -0.15) is 0 Å². The molecule has 0 radical (unpaired) electrons. The average Bonchev–Trinajstić information content (AvgIpc) is 2.52. The summed E-state index contributed by atoms with van der Waals surface area (Å²) in [5, 5.41) is 7.23. The van der Waals surface area contributed by atoms with Crippen LogP contribution in [0.2, 0.25) is 0 Å². The van der Waals surface area contributed by atoms with Gasteiger partial charge in [0.25, 0.3) is 0 Å². The first-order valence-corrected chi connectivity index (χ1v) is 6.07. The number of fused-ring (bicyclic) bond motifs is 1. The Morgan fingerprint density at radius 3 is 3.06 bits per heavy atom. The third kappa shape index (κ3) is 3.12. The SMILES string of the molecule is N=C(N)CCCN1CCCOc2ccccc21. The van der Waals surface area contributed by atoms with Crippen LogP contribution in [0.25, 0.3) is 0 Å². The third-order valence-corrected chi connectivity index (χ3v) is 2.91. The van der Waals surface area contributed by atoms with Gasteiger partial charge in [0.05, 0.1) is 18.1 Å². The topological polar surface area (TPSA) is 62.3 Å². The number of hydrogen-bond donors (Lipinski definition) is 2. The van der Waals surface area contributed by atoms with Crippen LogP contribution in [0.4, 0.5) is 5.69 Å². The largest absolute Gasteiger partial charge is 0.491 e. The molecule has 1 heterocycles. The van der Waals surface area contributed by atoms with E-state index in [1.165, 1.54) is 0 Å². The minimum absolute atomic E-state index is 0.268. The minimum Gasteiger partial charge on any atom is -0.491 e. The van der Waals surface area contributed by atoms with E-state index in [1.807, 2.05) is 18.2 Å². The van der Waals surface area contributed by atoms with Crippen LogP contribution < -0.4 is 15.4 Å². The molecule has 1 aromatic carbocycles. The smallest absolute Gasteiger partial charge is 0.142 e. The number of rotatable bonds is 4. The lowest BCUT2D eigenvalue weighted by molar-refractivity contribution is 0.322. The second-order valence-corrected chi connectivity index (χ2v) is 4.29. The molecule has 0 aliphatic carbocycles. The molecular formula is C13H19N3O. The number of benzene rings is 1. The molecule has 2 rings (SSSR count). The van der Waals surface area contributed by atoms with Gasteiger partial charge in [-0.1, -0.05) is 12.1 Å². The lowest BCUT2D eigenvalue weighted by Crippen LogP contribution is -2.26. The van der Waals surface area contributed by atoms with Gasteiger partial charge < -0.3 is 15.4 Å². The highest BCUT2D eigenvalue weighted by atomic mass is 16.5. The Labute approximate surface area is 102 Å². The molecule has 0 spiro atoms. The fourth-order valence-corrected chi connectivity index (χ4v) is 2.09. The second-order valence-electron chi connectivity index (χ2n) is 4.29. The summed E-state index contributed by atoms with van der Waals surface area (Å²) in [6.45, 7) is 2.72. The Balaban J connectivity index is 2.04. The van der Waals surface area contributed by atoms with E-state index in [9.17, 15) is 0 Å². The van der Waals surface area contributed by atoms with Crippen LogP contribution in [-0.2, 0) is 0 Å². The molecule has 0 unspecified atom stereocenters. The lowest BCUT2D eigenvalue weighted by Gasteiger charge is -2.23. The van der Waals surface area contributed by atoms with Gasteiger partial charge >= 0.3 is 0 Å². The lowest BCUT2D eigenvalue weighted by atomic mass is 10.2. The van der Waals surface area contributed by atoms with E-state index < -0.39 is 0 Å². The summed E-state index contributed by atoms with van der Waals surface area (Å²) in [6, 6.07) is 8.14. The highest BCUT2D eigenvalue weighted by Gasteiger charge is 2.15. The van der Waals surface area contributed by atoms with Crippen molar-refractivity contribution in [2.75, 3.05) is 24.6 Å². The summed E-state index contributed by atoms with van der Waals surface area (Å²) in [5.74, 6) is 1.23. The molecule has 17 heavy (non-hydrogen) atoms. The molecule has 0 amide bonds. The standard InChI is InChI=1S/C13H19N3O/c14-13(15)7-3-8-16-9-4-10-17-12-6-2-1-5-11(12)16/h1-2,5-6H,3-4,7-10H2,(H3,14,15). The van der Waals surface area contributed by atoms with Crippen LogP contribution in [-0.4, -0.2) is 25.5 Å². The predicted octanol–water partition coefficient (Wildman–Crippen LogP) is 1.99. The average molecular weight is 233 g/mol. The molecule has 1 aliphatic heterocycles. The van der Waals surface area contributed by atoms with Crippen LogP contribution in [0.3, 0.4) is 0 Å². The predicted molar refractivity (Wildman–Crippen MR) is 69.9 cm³/mol. The van der Waals surface area contributed by atoms with Crippen molar-refractivity contribution in [3.63, 3.8) is 0 Å². The Kier molecular flexibility index (Phi) is 3.85. The van der Waals surface area contributed by atoms with Crippen molar-refractivity contribution < 1.29 is 4.74 Å². The minimum atomic E-state index is 0.268. The van der Waals surface area contributed by atoms with Gasteiger partial charge in [0, 0.05) is 19.5 Å². The van der Waals surface area contributed by atoms with Crippen LogP contribution in [0.1, 0.15) is 19.3 Å². The molecule has 0 saturated carbocycles. The number of nitrogens with zero attached hydrogens (tertiary/aromatic N) is 1. The first kappa shape index (κ1) is 11.8. The normalized spacial score (nSPS) is 14.7. The number of amidine groups is 1. The first-order valence-electron chi connectivity index (χ1n) is 6.07. The van der Waals surface area contributed by atoms with Crippen molar-refractivity contribution in [3.8, 4) is 5.75 Å². The van der Waals surface area contributed by atoms with E-state index in [-0.39, 0.29) is 5.84 Å². The Morgan fingerprint density at radius 1 is 1.41 bits per heavy atom. The molecule has 0 fully saturated rings. The first-order chi connectivity index (χ1) is 8.27. The van der Waals surface area contributed by atoms with Gasteiger partial charge in [-0.25, -0.2) is 0 Å². The van der Waals surface area contributed by atoms with Crippen molar-refractivity contribution in [1.82, 2.24) is 0 Å². The maximum Gasteiger partial charge on any atom is 0.142 e.